The number of nitrogens with zero attached hydrogens (tertiary/aromatic N) is 3. The van der Waals surface area contributed by atoms with Crippen LogP contribution in [0.2, 0.25) is 0 Å². The Morgan fingerprint density at radius 3 is 2.59 bits per heavy atom. The molecule has 1 aromatic carbocycles. The number of hydrogen-bond donors (Lipinski definition) is 1. The zero-order chi connectivity index (χ0) is 21.0. The third-order valence-corrected chi connectivity index (χ3v) is 4.72. The van der Waals surface area contributed by atoms with E-state index in [1.807, 2.05) is 13.0 Å². The standard InChI is InChI=1S/C20H22N4O5/c1-2-23(13-7-3-4-8-13)16(25)12-29-17(26)11-24-20(28)15-10-6-5-9-14(15)18(22-24)19(21)27/h5-7,9-10H,2-4,8,11-12H2,1H3,(H2,21,27). The van der Waals surface area contributed by atoms with Gasteiger partial charge in [-0.3, -0.25) is 19.2 Å². The molecule has 2 amide bonds. The highest BCUT2D eigenvalue weighted by Crippen LogP contribution is 2.21. The van der Waals surface area contributed by atoms with Gasteiger partial charge >= 0.3 is 5.97 Å². The van der Waals surface area contributed by atoms with Gasteiger partial charge in [-0.15, -0.1) is 0 Å². The number of aromatic nitrogens is 2. The number of ether oxygens (including phenoxy) is 1. The summed E-state index contributed by atoms with van der Waals surface area (Å²) >= 11 is 0. The summed E-state index contributed by atoms with van der Waals surface area (Å²) in [4.78, 5) is 50.4. The first-order valence-corrected chi connectivity index (χ1v) is 9.37. The molecular weight excluding hydrogens is 376 g/mol. The maximum absolute atomic E-state index is 12.6. The minimum absolute atomic E-state index is 0.116. The molecule has 1 aliphatic carbocycles. The lowest BCUT2D eigenvalue weighted by Crippen LogP contribution is -2.35. The van der Waals surface area contributed by atoms with Crippen molar-refractivity contribution in [2.24, 2.45) is 5.73 Å². The van der Waals surface area contributed by atoms with Gasteiger partial charge in [0.1, 0.15) is 6.54 Å². The first kappa shape index (κ1) is 20.2. The number of likely N-dealkylation sites (N-methyl/N-ethyl adjacent to an activating group) is 1. The maximum Gasteiger partial charge on any atom is 0.328 e. The van der Waals surface area contributed by atoms with Crippen LogP contribution in [0.25, 0.3) is 10.8 Å². The van der Waals surface area contributed by atoms with Crippen molar-refractivity contribution in [3.8, 4) is 0 Å². The van der Waals surface area contributed by atoms with Crippen molar-refractivity contribution < 1.29 is 19.1 Å². The molecule has 152 valence electrons. The lowest BCUT2D eigenvalue weighted by molar-refractivity contribution is -0.152. The summed E-state index contributed by atoms with van der Waals surface area (Å²) < 4.78 is 5.87. The van der Waals surface area contributed by atoms with Crippen molar-refractivity contribution in [3.63, 3.8) is 0 Å². The average Bonchev–Trinajstić information content (AvgIpc) is 3.23. The summed E-state index contributed by atoms with van der Waals surface area (Å²) in [6, 6.07) is 6.36. The first-order valence-electron chi connectivity index (χ1n) is 9.37. The van der Waals surface area contributed by atoms with Gasteiger partial charge in [0.2, 0.25) is 0 Å². The molecule has 2 aromatic rings. The summed E-state index contributed by atoms with van der Waals surface area (Å²) in [5, 5.41) is 4.43. The molecule has 0 fully saturated rings. The number of rotatable bonds is 7. The predicted molar refractivity (Wildman–Crippen MR) is 105 cm³/mol. The number of nitrogens with two attached hydrogens (primary N) is 1. The summed E-state index contributed by atoms with van der Waals surface area (Å²) in [6.45, 7) is 1.36. The smallest absolute Gasteiger partial charge is 0.328 e. The number of amides is 2. The van der Waals surface area contributed by atoms with Crippen LogP contribution in [0.15, 0.2) is 40.8 Å². The van der Waals surface area contributed by atoms with E-state index in [1.165, 1.54) is 6.07 Å². The number of carbonyl (C=O) groups excluding carboxylic acids is 3. The van der Waals surface area contributed by atoms with E-state index in [-0.39, 0.29) is 17.0 Å². The van der Waals surface area contributed by atoms with E-state index in [0.717, 1.165) is 29.6 Å². The third-order valence-electron chi connectivity index (χ3n) is 4.72. The Balaban J connectivity index is 1.73. The first-order chi connectivity index (χ1) is 13.9. The number of esters is 1. The molecule has 0 unspecified atom stereocenters. The van der Waals surface area contributed by atoms with Crippen molar-refractivity contribution in [3.05, 3.63) is 52.1 Å². The van der Waals surface area contributed by atoms with Crippen LogP contribution in [0.1, 0.15) is 36.7 Å². The molecular formula is C20H22N4O5. The Morgan fingerprint density at radius 1 is 1.24 bits per heavy atom. The minimum atomic E-state index is -0.818. The van der Waals surface area contributed by atoms with E-state index in [1.54, 1.807) is 23.1 Å². The van der Waals surface area contributed by atoms with Gasteiger partial charge in [0.05, 0.1) is 5.39 Å². The van der Waals surface area contributed by atoms with Crippen LogP contribution >= 0.6 is 0 Å². The van der Waals surface area contributed by atoms with Crippen LogP contribution in [0.5, 0.6) is 0 Å². The number of fused-ring (bicyclic) bond motifs is 1. The molecule has 0 bridgehead atoms. The Kier molecular flexibility index (Phi) is 6.06. The summed E-state index contributed by atoms with van der Waals surface area (Å²) in [5.41, 5.74) is 5.61. The highest BCUT2D eigenvalue weighted by atomic mass is 16.5. The van der Waals surface area contributed by atoms with Crippen molar-refractivity contribution in [2.75, 3.05) is 13.2 Å². The van der Waals surface area contributed by atoms with Crippen molar-refractivity contribution in [2.45, 2.75) is 32.7 Å². The van der Waals surface area contributed by atoms with Gasteiger partial charge in [0, 0.05) is 17.6 Å². The van der Waals surface area contributed by atoms with E-state index in [9.17, 15) is 19.2 Å². The SMILES string of the molecule is CCN(C(=O)COC(=O)Cn1nc(C(N)=O)c2ccccc2c1=O)C1=CCCC1. The van der Waals surface area contributed by atoms with Crippen LogP contribution in [0, 0.1) is 0 Å². The van der Waals surface area contributed by atoms with Gasteiger partial charge < -0.3 is 15.4 Å². The van der Waals surface area contributed by atoms with Crippen LogP contribution in [-0.4, -0.2) is 45.6 Å². The van der Waals surface area contributed by atoms with Crippen molar-refractivity contribution >= 4 is 28.6 Å². The minimum Gasteiger partial charge on any atom is -0.454 e. The molecule has 0 saturated heterocycles. The van der Waals surface area contributed by atoms with Gasteiger partial charge in [0.15, 0.2) is 12.3 Å². The van der Waals surface area contributed by atoms with Crippen molar-refractivity contribution in [1.82, 2.24) is 14.7 Å². The summed E-state index contributed by atoms with van der Waals surface area (Å²) in [7, 11) is 0. The van der Waals surface area contributed by atoms with Gasteiger partial charge in [0.25, 0.3) is 17.4 Å². The number of allylic oxidation sites excluding steroid dienone is 2. The van der Waals surface area contributed by atoms with Gasteiger partial charge in [-0.25, -0.2) is 4.68 Å². The molecule has 0 saturated carbocycles. The van der Waals surface area contributed by atoms with E-state index in [0.29, 0.717) is 11.9 Å². The van der Waals surface area contributed by atoms with Gasteiger partial charge in [-0.2, -0.15) is 5.10 Å². The van der Waals surface area contributed by atoms with Crippen LogP contribution in [0.3, 0.4) is 0 Å². The van der Waals surface area contributed by atoms with Crippen LogP contribution < -0.4 is 11.3 Å². The fourth-order valence-corrected chi connectivity index (χ4v) is 3.35. The Bertz CT molecular complexity index is 1060. The molecule has 0 spiro atoms. The number of carbonyl (C=O) groups is 3. The second kappa shape index (κ2) is 8.68. The maximum atomic E-state index is 12.6. The lowest BCUT2D eigenvalue weighted by Gasteiger charge is -2.22. The van der Waals surface area contributed by atoms with E-state index >= 15 is 0 Å². The molecule has 0 aliphatic heterocycles. The second-order valence-corrected chi connectivity index (χ2v) is 6.61. The van der Waals surface area contributed by atoms with Crippen LogP contribution in [-0.2, 0) is 20.9 Å². The molecule has 3 rings (SSSR count). The number of hydrogen-bond acceptors (Lipinski definition) is 6. The average molecular weight is 398 g/mol. The van der Waals surface area contributed by atoms with E-state index in [4.69, 9.17) is 10.5 Å². The monoisotopic (exact) mass is 398 g/mol. The molecule has 2 N–H and O–H groups in total. The molecule has 1 heterocycles. The highest BCUT2D eigenvalue weighted by molar-refractivity contribution is 6.04. The molecule has 9 heteroatoms. The zero-order valence-corrected chi connectivity index (χ0v) is 16.1. The Hall–Kier alpha value is -3.49. The fraction of sp³-hybridized carbons (Fsp3) is 0.350. The molecule has 1 aromatic heterocycles. The zero-order valence-electron chi connectivity index (χ0n) is 16.1. The highest BCUT2D eigenvalue weighted by Gasteiger charge is 2.21. The van der Waals surface area contributed by atoms with Gasteiger partial charge in [-0.1, -0.05) is 24.3 Å². The Morgan fingerprint density at radius 2 is 1.97 bits per heavy atom. The van der Waals surface area contributed by atoms with Crippen LogP contribution in [0.4, 0.5) is 0 Å². The predicted octanol–water partition coefficient (Wildman–Crippen LogP) is 0.955. The molecule has 29 heavy (non-hydrogen) atoms. The second-order valence-electron chi connectivity index (χ2n) is 6.61. The summed E-state index contributed by atoms with van der Waals surface area (Å²) in [5.74, 6) is -1.96. The van der Waals surface area contributed by atoms with E-state index < -0.39 is 30.6 Å². The van der Waals surface area contributed by atoms with Gasteiger partial charge in [-0.05, 0) is 32.3 Å². The molecule has 9 nitrogen and oxygen atoms in total. The largest absolute Gasteiger partial charge is 0.454 e. The molecule has 0 radical (unpaired) electrons. The Labute approximate surface area is 166 Å². The number of primary amides is 1. The number of benzene rings is 1. The molecule has 0 atom stereocenters. The topological polar surface area (TPSA) is 125 Å². The third kappa shape index (κ3) is 4.34. The quantitative estimate of drug-likeness (QED) is 0.693. The summed E-state index contributed by atoms with van der Waals surface area (Å²) in [6.07, 6.45) is 4.75. The van der Waals surface area contributed by atoms with Crippen molar-refractivity contribution in [1.29, 1.82) is 0 Å². The fourth-order valence-electron chi connectivity index (χ4n) is 3.35. The molecule has 1 aliphatic rings. The normalized spacial score (nSPS) is 13.2. The lowest BCUT2D eigenvalue weighted by atomic mass is 10.1. The van der Waals surface area contributed by atoms with E-state index in [2.05, 4.69) is 5.10 Å².